The first-order chi connectivity index (χ1) is 8.47. The molecule has 18 heavy (non-hydrogen) atoms. The van der Waals surface area contributed by atoms with Crippen LogP contribution in [0.15, 0.2) is 18.3 Å². The van der Waals surface area contributed by atoms with Crippen molar-refractivity contribution in [3.8, 4) is 0 Å². The van der Waals surface area contributed by atoms with Crippen LogP contribution in [0.2, 0.25) is 0 Å². The Labute approximate surface area is 109 Å². The largest absolute Gasteiger partial charge is 0.359 e. The van der Waals surface area contributed by atoms with E-state index in [0.29, 0.717) is 12.2 Å². The van der Waals surface area contributed by atoms with Crippen molar-refractivity contribution in [2.75, 3.05) is 32.7 Å². The molecule has 0 radical (unpaired) electrons. The molecule has 1 aromatic rings. The lowest BCUT2D eigenvalue weighted by molar-refractivity contribution is 0.0577. The Kier molecular flexibility index (Phi) is 3.88. The second-order valence-electron chi connectivity index (χ2n) is 5.94. The fraction of sp³-hybridized carbons (Fsp3) is 0.643. The summed E-state index contributed by atoms with van der Waals surface area (Å²) in [5, 5.41) is 0. The smallest absolute Gasteiger partial charge is 0.192 e. The minimum absolute atomic E-state index is 0.184. The van der Waals surface area contributed by atoms with E-state index in [-0.39, 0.29) is 11.3 Å². The Balaban J connectivity index is 1.82. The summed E-state index contributed by atoms with van der Waals surface area (Å²) in [6, 6.07) is 3.71. The number of hydrogen-bond acceptors (Lipinski definition) is 3. The third-order valence-electron chi connectivity index (χ3n) is 3.59. The molecule has 1 N–H and O–H groups in total. The lowest BCUT2D eigenvalue weighted by Gasteiger charge is -2.42. The molecule has 0 unspecified atom stereocenters. The zero-order valence-corrected chi connectivity index (χ0v) is 11.6. The SMILES string of the molecule is CC(C)(C)N1CCN(CC(=O)c2ccc[nH]2)CC1. The number of hydrogen-bond donors (Lipinski definition) is 1. The minimum atomic E-state index is 0.184. The molecule has 0 bridgehead atoms. The van der Waals surface area contributed by atoms with Crippen molar-refractivity contribution in [1.29, 1.82) is 0 Å². The highest BCUT2D eigenvalue weighted by Gasteiger charge is 2.26. The van der Waals surface area contributed by atoms with Gasteiger partial charge in [0.25, 0.3) is 0 Å². The molecular weight excluding hydrogens is 226 g/mol. The van der Waals surface area contributed by atoms with E-state index in [1.165, 1.54) is 0 Å². The van der Waals surface area contributed by atoms with Gasteiger partial charge in [0.15, 0.2) is 5.78 Å². The Morgan fingerprint density at radius 2 is 1.94 bits per heavy atom. The van der Waals surface area contributed by atoms with E-state index in [1.807, 2.05) is 12.1 Å². The van der Waals surface area contributed by atoms with Crippen molar-refractivity contribution in [2.24, 2.45) is 0 Å². The number of ketones is 1. The van der Waals surface area contributed by atoms with Crippen LogP contribution in [0.1, 0.15) is 31.3 Å². The van der Waals surface area contributed by atoms with Crippen LogP contribution in [-0.2, 0) is 0 Å². The summed E-state index contributed by atoms with van der Waals surface area (Å²) in [5.74, 6) is 0.184. The van der Waals surface area contributed by atoms with Crippen LogP contribution in [0.4, 0.5) is 0 Å². The normalized spacial score (nSPS) is 19.1. The second-order valence-corrected chi connectivity index (χ2v) is 5.94. The van der Waals surface area contributed by atoms with Crippen LogP contribution in [0.25, 0.3) is 0 Å². The van der Waals surface area contributed by atoms with Crippen LogP contribution in [0.3, 0.4) is 0 Å². The molecular formula is C14H23N3O. The van der Waals surface area contributed by atoms with E-state index in [1.54, 1.807) is 6.20 Å². The summed E-state index contributed by atoms with van der Waals surface area (Å²) in [5.41, 5.74) is 0.948. The Bertz CT molecular complexity index is 384. The Morgan fingerprint density at radius 3 is 2.44 bits per heavy atom. The van der Waals surface area contributed by atoms with Crippen LogP contribution in [0.5, 0.6) is 0 Å². The fourth-order valence-corrected chi connectivity index (χ4v) is 2.37. The Morgan fingerprint density at radius 1 is 1.28 bits per heavy atom. The Hall–Kier alpha value is -1.13. The van der Waals surface area contributed by atoms with Crippen LogP contribution in [0, 0.1) is 0 Å². The van der Waals surface area contributed by atoms with Gasteiger partial charge in [-0.15, -0.1) is 0 Å². The van der Waals surface area contributed by atoms with Gasteiger partial charge in [0.1, 0.15) is 0 Å². The van der Waals surface area contributed by atoms with Crippen molar-refractivity contribution < 1.29 is 4.79 Å². The molecule has 0 saturated carbocycles. The number of nitrogens with zero attached hydrogens (tertiary/aromatic N) is 2. The van der Waals surface area contributed by atoms with Gasteiger partial charge in [-0.2, -0.15) is 0 Å². The topological polar surface area (TPSA) is 39.3 Å². The van der Waals surface area contributed by atoms with Crippen LogP contribution >= 0.6 is 0 Å². The maximum absolute atomic E-state index is 12.0. The predicted octanol–water partition coefficient (Wildman–Crippen LogP) is 1.61. The monoisotopic (exact) mass is 249 g/mol. The molecule has 0 aromatic carbocycles. The molecule has 1 aliphatic rings. The van der Waals surface area contributed by atoms with E-state index in [2.05, 4.69) is 35.6 Å². The van der Waals surface area contributed by atoms with Crippen molar-refractivity contribution in [1.82, 2.24) is 14.8 Å². The number of aromatic amines is 1. The number of aromatic nitrogens is 1. The van der Waals surface area contributed by atoms with E-state index in [0.717, 1.165) is 26.2 Å². The van der Waals surface area contributed by atoms with E-state index < -0.39 is 0 Å². The average Bonchev–Trinajstić information content (AvgIpc) is 2.82. The molecule has 1 aromatic heterocycles. The first-order valence-corrected chi connectivity index (χ1v) is 6.61. The van der Waals surface area contributed by atoms with E-state index in [9.17, 15) is 4.79 Å². The first kappa shape index (κ1) is 13.3. The van der Waals surface area contributed by atoms with E-state index in [4.69, 9.17) is 0 Å². The maximum atomic E-state index is 12.0. The van der Waals surface area contributed by atoms with Gasteiger partial charge in [-0.25, -0.2) is 0 Å². The third-order valence-corrected chi connectivity index (χ3v) is 3.59. The van der Waals surface area contributed by atoms with E-state index >= 15 is 0 Å². The molecule has 4 nitrogen and oxygen atoms in total. The zero-order valence-electron chi connectivity index (χ0n) is 11.6. The molecule has 0 atom stereocenters. The summed E-state index contributed by atoms with van der Waals surface area (Å²) < 4.78 is 0. The zero-order chi connectivity index (χ0) is 13.2. The van der Waals surface area contributed by atoms with Gasteiger partial charge in [-0.3, -0.25) is 14.6 Å². The fourth-order valence-electron chi connectivity index (χ4n) is 2.37. The molecule has 2 heterocycles. The van der Waals surface area contributed by atoms with Gasteiger partial charge < -0.3 is 4.98 Å². The number of H-pyrrole nitrogens is 1. The molecule has 0 spiro atoms. The molecule has 2 rings (SSSR count). The van der Waals surface area contributed by atoms with Crippen molar-refractivity contribution >= 4 is 5.78 Å². The highest BCUT2D eigenvalue weighted by Crippen LogP contribution is 2.15. The summed E-state index contributed by atoms with van der Waals surface area (Å²) in [6.07, 6.45) is 1.80. The summed E-state index contributed by atoms with van der Waals surface area (Å²) in [6.45, 7) is 11.3. The summed E-state index contributed by atoms with van der Waals surface area (Å²) >= 11 is 0. The number of Topliss-reactive ketones (excluding diaryl/α,β-unsaturated/α-hetero) is 1. The number of carbonyl (C=O) groups is 1. The number of nitrogens with one attached hydrogen (secondary N) is 1. The standard InChI is InChI=1S/C14H23N3O/c1-14(2,3)17-9-7-16(8-10-17)11-13(18)12-5-4-6-15-12/h4-6,15H,7-11H2,1-3H3. The van der Waals surface area contributed by atoms with Crippen LogP contribution < -0.4 is 0 Å². The third kappa shape index (κ3) is 3.21. The molecule has 0 amide bonds. The number of rotatable bonds is 3. The molecule has 1 saturated heterocycles. The highest BCUT2D eigenvalue weighted by molar-refractivity contribution is 5.95. The second kappa shape index (κ2) is 5.24. The van der Waals surface area contributed by atoms with Gasteiger partial charge in [0.2, 0.25) is 0 Å². The van der Waals surface area contributed by atoms with Crippen molar-refractivity contribution in [3.63, 3.8) is 0 Å². The summed E-state index contributed by atoms with van der Waals surface area (Å²) in [4.78, 5) is 19.7. The maximum Gasteiger partial charge on any atom is 0.192 e. The molecule has 0 aliphatic carbocycles. The average molecular weight is 249 g/mol. The van der Waals surface area contributed by atoms with Gasteiger partial charge in [-0.1, -0.05) is 0 Å². The molecule has 100 valence electrons. The predicted molar refractivity (Wildman–Crippen MR) is 72.9 cm³/mol. The van der Waals surface area contributed by atoms with Gasteiger partial charge >= 0.3 is 0 Å². The quantitative estimate of drug-likeness (QED) is 0.827. The molecule has 1 aliphatic heterocycles. The lowest BCUT2D eigenvalue weighted by Crippen LogP contribution is -2.54. The van der Waals surface area contributed by atoms with Gasteiger partial charge in [-0.05, 0) is 32.9 Å². The van der Waals surface area contributed by atoms with Crippen molar-refractivity contribution in [3.05, 3.63) is 24.0 Å². The first-order valence-electron chi connectivity index (χ1n) is 6.61. The molecule has 4 heteroatoms. The minimum Gasteiger partial charge on any atom is -0.359 e. The summed E-state index contributed by atoms with van der Waals surface area (Å²) in [7, 11) is 0. The highest BCUT2D eigenvalue weighted by atomic mass is 16.1. The number of piperazine rings is 1. The lowest BCUT2D eigenvalue weighted by atomic mass is 10.0. The van der Waals surface area contributed by atoms with Crippen molar-refractivity contribution in [2.45, 2.75) is 26.3 Å². The van der Waals surface area contributed by atoms with Crippen LogP contribution in [-0.4, -0.2) is 58.8 Å². The molecule has 1 fully saturated rings. The number of carbonyl (C=O) groups excluding carboxylic acids is 1. The van der Waals surface area contributed by atoms with Gasteiger partial charge in [0, 0.05) is 37.9 Å². The van der Waals surface area contributed by atoms with Gasteiger partial charge in [0.05, 0.1) is 12.2 Å².